The minimum atomic E-state index is -1.00. The zero-order chi connectivity index (χ0) is 12.3. The van der Waals surface area contributed by atoms with Gasteiger partial charge in [-0.05, 0) is 6.07 Å². The third-order valence-electron chi connectivity index (χ3n) is 2.53. The van der Waals surface area contributed by atoms with Gasteiger partial charge >= 0.3 is 5.97 Å². The lowest BCUT2D eigenvalue weighted by Gasteiger charge is -2.09. The molecule has 4 N–H and O–H groups in total. The third-order valence-corrected chi connectivity index (χ3v) is 2.53. The fraction of sp³-hybridized carbons (Fsp3) is 0.250. The number of H-pyrrole nitrogens is 1. The number of aliphatic hydroxyl groups is 1. The molecule has 1 aromatic carbocycles. The molecule has 0 spiro atoms. The van der Waals surface area contributed by atoms with Gasteiger partial charge in [-0.25, -0.2) is 0 Å². The molecule has 0 fully saturated rings. The summed E-state index contributed by atoms with van der Waals surface area (Å²) >= 11 is 0. The van der Waals surface area contributed by atoms with Crippen molar-refractivity contribution in [3.8, 4) is 0 Å². The van der Waals surface area contributed by atoms with E-state index in [1.54, 1.807) is 6.20 Å². The van der Waals surface area contributed by atoms with Gasteiger partial charge in [0.25, 0.3) is 0 Å². The Bertz CT molecular complexity index is 521. The Hall–Kier alpha value is -2.01. The second-order valence-corrected chi connectivity index (χ2v) is 3.88. The number of aromatic amines is 1. The number of fused-ring (bicyclic) bond motifs is 1. The lowest BCUT2D eigenvalue weighted by molar-refractivity contribution is -0.138. The Balaban J connectivity index is 2.02. The SMILES string of the molecule is O=C(O)CC(O)CNc1c[nH]c2ccccc12. The molecule has 0 radical (unpaired) electrons. The molecule has 1 aromatic heterocycles. The molecular formula is C12H14N2O3. The molecule has 0 aliphatic rings. The Morgan fingerprint density at radius 1 is 1.41 bits per heavy atom. The number of carboxylic acids is 1. The van der Waals surface area contributed by atoms with E-state index in [1.807, 2.05) is 24.3 Å². The van der Waals surface area contributed by atoms with Crippen molar-refractivity contribution in [2.45, 2.75) is 12.5 Å². The highest BCUT2D eigenvalue weighted by atomic mass is 16.4. The molecule has 17 heavy (non-hydrogen) atoms. The smallest absolute Gasteiger partial charge is 0.306 e. The number of rotatable bonds is 5. The zero-order valence-electron chi connectivity index (χ0n) is 9.18. The van der Waals surface area contributed by atoms with Crippen LogP contribution in [0.3, 0.4) is 0 Å². The van der Waals surface area contributed by atoms with Crippen LogP contribution in [0.25, 0.3) is 10.9 Å². The van der Waals surface area contributed by atoms with Crippen molar-refractivity contribution in [2.75, 3.05) is 11.9 Å². The summed E-state index contributed by atoms with van der Waals surface area (Å²) in [5, 5.41) is 22.0. The van der Waals surface area contributed by atoms with Crippen LogP contribution in [0, 0.1) is 0 Å². The van der Waals surface area contributed by atoms with Crippen LogP contribution in [0.2, 0.25) is 0 Å². The number of benzene rings is 1. The lowest BCUT2D eigenvalue weighted by Crippen LogP contribution is -2.22. The van der Waals surface area contributed by atoms with Gasteiger partial charge in [-0.3, -0.25) is 4.79 Å². The van der Waals surface area contributed by atoms with Crippen LogP contribution in [0.15, 0.2) is 30.5 Å². The molecule has 2 aromatic rings. The largest absolute Gasteiger partial charge is 0.481 e. The summed E-state index contributed by atoms with van der Waals surface area (Å²) in [7, 11) is 0. The second kappa shape index (κ2) is 4.88. The average molecular weight is 234 g/mol. The van der Waals surface area contributed by atoms with Crippen molar-refractivity contribution in [1.29, 1.82) is 0 Å². The van der Waals surface area contributed by atoms with Crippen molar-refractivity contribution in [3.05, 3.63) is 30.5 Å². The van der Waals surface area contributed by atoms with E-state index >= 15 is 0 Å². The number of carbonyl (C=O) groups is 1. The predicted octanol–water partition coefficient (Wildman–Crippen LogP) is 1.42. The highest BCUT2D eigenvalue weighted by Gasteiger charge is 2.10. The molecule has 0 amide bonds. The van der Waals surface area contributed by atoms with E-state index in [0.717, 1.165) is 16.6 Å². The van der Waals surface area contributed by atoms with Gasteiger partial charge in [0.2, 0.25) is 0 Å². The Kier molecular flexibility index (Phi) is 3.30. The highest BCUT2D eigenvalue weighted by Crippen LogP contribution is 2.22. The second-order valence-electron chi connectivity index (χ2n) is 3.88. The summed E-state index contributed by atoms with van der Waals surface area (Å²) in [5.74, 6) is -1.00. The van der Waals surface area contributed by atoms with Crippen LogP contribution in [-0.4, -0.2) is 33.8 Å². The van der Waals surface area contributed by atoms with E-state index < -0.39 is 12.1 Å². The summed E-state index contributed by atoms with van der Waals surface area (Å²) in [6.07, 6.45) is 0.661. The minimum absolute atomic E-state index is 0.216. The summed E-state index contributed by atoms with van der Waals surface area (Å²) in [6, 6.07) is 7.77. The van der Waals surface area contributed by atoms with E-state index in [1.165, 1.54) is 0 Å². The monoisotopic (exact) mass is 234 g/mol. The van der Waals surface area contributed by atoms with Gasteiger partial charge in [0.1, 0.15) is 0 Å². The van der Waals surface area contributed by atoms with Gasteiger partial charge in [0, 0.05) is 23.6 Å². The molecule has 1 unspecified atom stereocenters. The topological polar surface area (TPSA) is 85.3 Å². The number of aliphatic hydroxyl groups excluding tert-OH is 1. The van der Waals surface area contributed by atoms with Gasteiger partial charge in [-0.2, -0.15) is 0 Å². The van der Waals surface area contributed by atoms with Crippen molar-refractivity contribution in [3.63, 3.8) is 0 Å². The average Bonchev–Trinajstić information content (AvgIpc) is 2.69. The quantitative estimate of drug-likeness (QED) is 0.630. The molecule has 5 nitrogen and oxygen atoms in total. The molecule has 0 aliphatic carbocycles. The molecule has 0 saturated heterocycles. The number of hydrogen-bond donors (Lipinski definition) is 4. The zero-order valence-corrected chi connectivity index (χ0v) is 9.18. The minimum Gasteiger partial charge on any atom is -0.481 e. The summed E-state index contributed by atoms with van der Waals surface area (Å²) in [6.45, 7) is 0.216. The molecule has 2 rings (SSSR count). The van der Waals surface area contributed by atoms with Crippen molar-refractivity contribution in [2.24, 2.45) is 0 Å². The molecule has 0 saturated carbocycles. The number of anilines is 1. The first-order chi connectivity index (χ1) is 8.16. The van der Waals surface area contributed by atoms with Gasteiger partial charge in [-0.15, -0.1) is 0 Å². The molecule has 1 heterocycles. The summed E-state index contributed by atoms with van der Waals surface area (Å²) < 4.78 is 0. The summed E-state index contributed by atoms with van der Waals surface area (Å²) in [4.78, 5) is 13.5. The maximum Gasteiger partial charge on any atom is 0.306 e. The van der Waals surface area contributed by atoms with Gasteiger partial charge in [-0.1, -0.05) is 18.2 Å². The molecule has 5 heteroatoms. The Labute approximate surface area is 98.1 Å². The Morgan fingerprint density at radius 3 is 2.94 bits per heavy atom. The van der Waals surface area contributed by atoms with Crippen LogP contribution in [0.4, 0.5) is 5.69 Å². The van der Waals surface area contributed by atoms with Gasteiger partial charge < -0.3 is 20.5 Å². The fourth-order valence-electron chi connectivity index (χ4n) is 1.72. The lowest BCUT2D eigenvalue weighted by atomic mass is 10.2. The maximum absolute atomic E-state index is 10.4. The van der Waals surface area contributed by atoms with Crippen molar-refractivity contribution >= 4 is 22.6 Å². The highest BCUT2D eigenvalue weighted by molar-refractivity contribution is 5.92. The van der Waals surface area contributed by atoms with E-state index in [2.05, 4.69) is 10.3 Å². The standard InChI is InChI=1S/C12H14N2O3/c15-8(5-12(16)17)6-13-11-7-14-10-4-2-1-3-9(10)11/h1-4,7-8,13-15H,5-6H2,(H,16,17). The van der Waals surface area contributed by atoms with Crippen LogP contribution < -0.4 is 5.32 Å². The first kappa shape index (κ1) is 11.5. The molecular weight excluding hydrogens is 220 g/mol. The van der Waals surface area contributed by atoms with E-state index in [0.29, 0.717) is 0 Å². The predicted molar refractivity (Wildman–Crippen MR) is 65.0 cm³/mol. The van der Waals surface area contributed by atoms with Crippen LogP contribution >= 0.6 is 0 Å². The first-order valence-corrected chi connectivity index (χ1v) is 5.36. The molecule has 1 atom stereocenters. The normalized spacial score (nSPS) is 12.5. The molecule has 0 aliphatic heterocycles. The Morgan fingerprint density at radius 2 is 2.18 bits per heavy atom. The molecule has 0 bridgehead atoms. The van der Waals surface area contributed by atoms with Crippen molar-refractivity contribution in [1.82, 2.24) is 4.98 Å². The van der Waals surface area contributed by atoms with Crippen LogP contribution in [0.1, 0.15) is 6.42 Å². The molecule has 90 valence electrons. The van der Waals surface area contributed by atoms with Crippen molar-refractivity contribution < 1.29 is 15.0 Å². The van der Waals surface area contributed by atoms with E-state index in [4.69, 9.17) is 5.11 Å². The van der Waals surface area contributed by atoms with E-state index in [9.17, 15) is 9.90 Å². The van der Waals surface area contributed by atoms with Gasteiger partial charge in [0.15, 0.2) is 0 Å². The third kappa shape index (κ3) is 2.76. The number of aromatic nitrogens is 1. The summed E-state index contributed by atoms with van der Waals surface area (Å²) in [5.41, 5.74) is 1.87. The number of nitrogens with one attached hydrogen (secondary N) is 2. The number of hydrogen-bond acceptors (Lipinski definition) is 3. The fourth-order valence-corrected chi connectivity index (χ4v) is 1.72. The number of para-hydroxylation sites is 1. The van der Waals surface area contributed by atoms with Crippen LogP contribution in [-0.2, 0) is 4.79 Å². The maximum atomic E-state index is 10.4. The van der Waals surface area contributed by atoms with Crippen LogP contribution in [0.5, 0.6) is 0 Å². The first-order valence-electron chi connectivity index (χ1n) is 5.36. The number of carboxylic acid groups (broad SMARTS) is 1. The van der Waals surface area contributed by atoms with E-state index in [-0.39, 0.29) is 13.0 Å². The number of aliphatic carboxylic acids is 1. The van der Waals surface area contributed by atoms with Gasteiger partial charge in [0.05, 0.1) is 18.2 Å².